The lowest BCUT2D eigenvalue weighted by atomic mass is 9.99. The number of carbonyl (C=O) groups is 1. The zero-order valence-corrected chi connectivity index (χ0v) is 14.9. The van der Waals surface area contributed by atoms with Gasteiger partial charge in [-0.15, -0.1) is 0 Å². The molecule has 24 heavy (non-hydrogen) atoms. The van der Waals surface area contributed by atoms with Gasteiger partial charge >= 0.3 is 0 Å². The number of piperidine rings is 1. The lowest BCUT2D eigenvalue weighted by Crippen LogP contribution is -2.45. The van der Waals surface area contributed by atoms with Crippen molar-refractivity contribution in [1.29, 1.82) is 0 Å². The van der Waals surface area contributed by atoms with Crippen molar-refractivity contribution in [3.8, 4) is 0 Å². The summed E-state index contributed by atoms with van der Waals surface area (Å²) in [6.45, 7) is 3.83. The lowest BCUT2D eigenvalue weighted by Gasteiger charge is -2.36. The zero-order chi connectivity index (χ0) is 16.8. The number of hydrogen-bond donors (Lipinski definition) is 0. The number of imidazole rings is 1. The topological polar surface area (TPSA) is 51.0 Å². The van der Waals surface area contributed by atoms with Gasteiger partial charge in [0.1, 0.15) is 5.82 Å². The van der Waals surface area contributed by atoms with Crippen molar-refractivity contribution in [2.75, 3.05) is 12.3 Å². The SMILES string of the molecule is Cc1nccn1CCC1CCCCN1C(=O)CSc1ccccn1. The van der Waals surface area contributed by atoms with Gasteiger partial charge in [-0.3, -0.25) is 4.79 Å². The summed E-state index contributed by atoms with van der Waals surface area (Å²) in [4.78, 5) is 23.3. The van der Waals surface area contributed by atoms with Crippen LogP contribution in [0.15, 0.2) is 41.8 Å². The largest absolute Gasteiger partial charge is 0.339 e. The number of pyridine rings is 1. The summed E-state index contributed by atoms with van der Waals surface area (Å²) in [6, 6.07) is 6.15. The molecule has 5 nitrogen and oxygen atoms in total. The van der Waals surface area contributed by atoms with E-state index in [0.717, 1.165) is 43.2 Å². The van der Waals surface area contributed by atoms with Crippen LogP contribution in [0, 0.1) is 6.92 Å². The number of aryl methyl sites for hydroxylation is 2. The Balaban J connectivity index is 1.55. The van der Waals surface area contributed by atoms with Crippen molar-refractivity contribution in [1.82, 2.24) is 19.4 Å². The van der Waals surface area contributed by atoms with E-state index in [1.165, 1.54) is 18.2 Å². The first-order chi connectivity index (χ1) is 11.7. The van der Waals surface area contributed by atoms with E-state index in [-0.39, 0.29) is 5.91 Å². The third-order valence-corrected chi connectivity index (χ3v) is 5.48. The molecule has 3 heterocycles. The minimum atomic E-state index is 0.234. The van der Waals surface area contributed by atoms with Crippen molar-refractivity contribution in [2.24, 2.45) is 0 Å². The molecule has 0 spiro atoms. The summed E-state index contributed by atoms with van der Waals surface area (Å²) < 4.78 is 2.17. The molecule has 0 aliphatic carbocycles. The first-order valence-electron chi connectivity index (χ1n) is 8.55. The summed E-state index contributed by atoms with van der Waals surface area (Å²) in [6.07, 6.45) is 10.0. The van der Waals surface area contributed by atoms with E-state index in [2.05, 4.69) is 19.4 Å². The second kappa shape index (κ2) is 8.33. The first-order valence-corrected chi connectivity index (χ1v) is 9.53. The number of nitrogens with zero attached hydrogens (tertiary/aromatic N) is 4. The van der Waals surface area contributed by atoms with Gasteiger partial charge in [-0.2, -0.15) is 0 Å². The Morgan fingerprint density at radius 3 is 2.96 bits per heavy atom. The van der Waals surface area contributed by atoms with Crippen molar-refractivity contribution in [3.05, 3.63) is 42.6 Å². The molecule has 1 unspecified atom stereocenters. The first kappa shape index (κ1) is 17.0. The van der Waals surface area contributed by atoms with E-state index in [1.807, 2.05) is 37.5 Å². The van der Waals surface area contributed by atoms with Crippen LogP contribution >= 0.6 is 11.8 Å². The molecule has 1 atom stereocenters. The van der Waals surface area contributed by atoms with Crippen LogP contribution in [0.1, 0.15) is 31.5 Å². The fourth-order valence-electron chi connectivity index (χ4n) is 3.21. The van der Waals surface area contributed by atoms with Crippen LogP contribution in [0.4, 0.5) is 0 Å². The second-order valence-electron chi connectivity index (χ2n) is 6.15. The Bertz CT molecular complexity index is 658. The van der Waals surface area contributed by atoms with Gasteiger partial charge in [0.25, 0.3) is 0 Å². The molecule has 2 aromatic rings. The molecule has 1 amide bonds. The molecule has 1 aliphatic rings. The van der Waals surface area contributed by atoms with Crippen molar-refractivity contribution in [2.45, 2.75) is 50.2 Å². The van der Waals surface area contributed by atoms with Crippen LogP contribution in [0.2, 0.25) is 0 Å². The van der Waals surface area contributed by atoms with E-state index in [1.54, 1.807) is 6.20 Å². The predicted molar refractivity (Wildman–Crippen MR) is 95.9 cm³/mol. The number of carbonyl (C=O) groups excluding carboxylic acids is 1. The van der Waals surface area contributed by atoms with Crippen LogP contribution in [-0.4, -0.2) is 43.7 Å². The third-order valence-electron chi connectivity index (χ3n) is 4.56. The number of thioether (sulfide) groups is 1. The maximum absolute atomic E-state index is 12.7. The third kappa shape index (κ3) is 4.38. The van der Waals surface area contributed by atoms with Gasteiger partial charge in [-0.25, -0.2) is 9.97 Å². The van der Waals surface area contributed by atoms with E-state index < -0.39 is 0 Å². The molecule has 6 heteroatoms. The Hall–Kier alpha value is -1.82. The summed E-state index contributed by atoms with van der Waals surface area (Å²) >= 11 is 1.52. The predicted octanol–water partition coefficient (Wildman–Crippen LogP) is 3.15. The molecule has 128 valence electrons. The van der Waals surface area contributed by atoms with Crippen LogP contribution in [-0.2, 0) is 11.3 Å². The zero-order valence-electron chi connectivity index (χ0n) is 14.1. The number of likely N-dealkylation sites (tertiary alicyclic amines) is 1. The summed E-state index contributed by atoms with van der Waals surface area (Å²) in [7, 11) is 0. The number of rotatable bonds is 6. The van der Waals surface area contributed by atoms with Gasteiger partial charge in [-0.05, 0) is 44.7 Å². The van der Waals surface area contributed by atoms with Crippen molar-refractivity contribution in [3.63, 3.8) is 0 Å². The maximum Gasteiger partial charge on any atom is 0.233 e. The summed E-state index contributed by atoms with van der Waals surface area (Å²) in [5.41, 5.74) is 0. The number of amides is 1. The van der Waals surface area contributed by atoms with Crippen LogP contribution < -0.4 is 0 Å². The van der Waals surface area contributed by atoms with Gasteiger partial charge in [0, 0.05) is 37.7 Å². The molecule has 1 aliphatic heterocycles. The molecule has 3 rings (SSSR count). The van der Waals surface area contributed by atoms with Crippen LogP contribution in [0.3, 0.4) is 0 Å². The Morgan fingerprint density at radius 1 is 1.29 bits per heavy atom. The van der Waals surface area contributed by atoms with Gasteiger partial charge in [0.15, 0.2) is 0 Å². The smallest absolute Gasteiger partial charge is 0.233 e. The Morgan fingerprint density at radius 2 is 2.21 bits per heavy atom. The summed E-state index contributed by atoms with van der Waals surface area (Å²) in [5.74, 6) is 1.74. The highest BCUT2D eigenvalue weighted by molar-refractivity contribution is 7.99. The standard InChI is InChI=1S/C18H24N4OS/c1-15-19-10-13-21(15)12-8-16-6-3-5-11-22(16)18(23)14-24-17-7-2-4-9-20-17/h2,4,7,9-10,13,16H,3,5-6,8,11-12,14H2,1H3. The fourth-order valence-corrected chi connectivity index (χ4v) is 3.96. The van der Waals surface area contributed by atoms with E-state index in [0.29, 0.717) is 11.8 Å². The highest BCUT2D eigenvalue weighted by Crippen LogP contribution is 2.23. The van der Waals surface area contributed by atoms with Crippen molar-refractivity contribution < 1.29 is 4.79 Å². The fraction of sp³-hybridized carbons (Fsp3) is 0.500. The van der Waals surface area contributed by atoms with E-state index >= 15 is 0 Å². The molecule has 1 saturated heterocycles. The minimum Gasteiger partial charge on any atom is -0.339 e. The number of aromatic nitrogens is 3. The average molecular weight is 344 g/mol. The van der Waals surface area contributed by atoms with Gasteiger partial charge in [-0.1, -0.05) is 17.8 Å². The van der Waals surface area contributed by atoms with E-state index in [9.17, 15) is 4.79 Å². The molecular formula is C18H24N4OS. The molecule has 0 bridgehead atoms. The van der Waals surface area contributed by atoms with Gasteiger partial charge in [0.2, 0.25) is 5.91 Å². The monoisotopic (exact) mass is 344 g/mol. The molecule has 2 aromatic heterocycles. The Labute approximate surface area is 147 Å². The quantitative estimate of drug-likeness (QED) is 0.756. The Kier molecular flexibility index (Phi) is 5.91. The highest BCUT2D eigenvalue weighted by atomic mass is 32.2. The average Bonchev–Trinajstić information content (AvgIpc) is 3.04. The van der Waals surface area contributed by atoms with Gasteiger partial charge in [0.05, 0.1) is 10.8 Å². The highest BCUT2D eigenvalue weighted by Gasteiger charge is 2.26. The normalized spacial score (nSPS) is 17.9. The maximum atomic E-state index is 12.7. The molecular weight excluding hydrogens is 320 g/mol. The molecule has 0 aromatic carbocycles. The van der Waals surface area contributed by atoms with Crippen LogP contribution in [0.25, 0.3) is 0 Å². The number of hydrogen-bond acceptors (Lipinski definition) is 4. The molecule has 0 radical (unpaired) electrons. The minimum absolute atomic E-state index is 0.234. The molecule has 1 fully saturated rings. The molecule has 0 saturated carbocycles. The summed E-state index contributed by atoms with van der Waals surface area (Å²) in [5, 5.41) is 0.911. The van der Waals surface area contributed by atoms with Crippen molar-refractivity contribution >= 4 is 17.7 Å². The van der Waals surface area contributed by atoms with E-state index in [4.69, 9.17) is 0 Å². The lowest BCUT2D eigenvalue weighted by molar-refractivity contribution is -0.132. The second-order valence-corrected chi connectivity index (χ2v) is 7.15. The van der Waals surface area contributed by atoms with Crippen LogP contribution in [0.5, 0.6) is 0 Å². The van der Waals surface area contributed by atoms with Gasteiger partial charge < -0.3 is 9.47 Å². The molecule has 0 N–H and O–H groups in total.